The van der Waals surface area contributed by atoms with E-state index in [-0.39, 0.29) is 0 Å². The summed E-state index contributed by atoms with van der Waals surface area (Å²) in [5.74, 6) is 1.61. The van der Waals surface area contributed by atoms with Crippen molar-refractivity contribution < 1.29 is 9.47 Å². The molecule has 3 aliphatic heterocycles. The maximum atomic E-state index is 6.32. The second-order valence-electron chi connectivity index (χ2n) is 10.6. The third kappa shape index (κ3) is 4.07. The smallest absolute Gasteiger partial charge is 0.180 e. The Morgan fingerprint density at radius 3 is 2.92 bits per heavy atom. The van der Waals surface area contributed by atoms with Crippen molar-refractivity contribution in [3.05, 3.63) is 61.2 Å². The minimum absolute atomic E-state index is 0.378. The Morgan fingerprint density at radius 1 is 1.03 bits per heavy atom. The van der Waals surface area contributed by atoms with Gasteiger partial charge in [0.05, 0.1) is 29.1 Å². The predicted octanol–water partition coefficient (Wildman–Crippen LogP) is 4.08. The molecule has 5 aromatic rings. The van der Waals surface area contributed by atoms with Gasteiger partial charge < -0.3 is 24.1 Å². The number of H-pyrrole nitrogens is 1. The highest BCUT2D eigenvalue weighted by molar-refractivity contribution is 5.84. The van der Waals surface area contributed by atoms with Crippen LogP contribution in [0.1, 0.15) is 12.8 Å². The summed E-state index contributed by atoms with van der Waals surface area (Å²) in [5, 5.41) is 11.8. The van der Waals surface area contributed by atoms with Crippen LogP contribution in [0.15, 0.2) is 61.2 Å². The van der Waals surface area contributed by atoms with E-state index in [1.807, 2.05) is 23.0 Å². The minimum Gasteiger partial charge on any atom is -0.489 e. The van der Waals surface area contributed by atoms with Crippen molar-refractivity contribution in [3.63, 3.8) is 0 Å². The van der Waals surface area contributed by atoms with E-state index in [1.165, 1.54) is 5.69 Å². The monoisotopic (exact) mass is 522 g/mol. The number of anilines is 3. The fourth-order valence-corrected chi connectivity index (χ4v) is 6.24. The Morgan fingerprint density at radius 2 is 1.97 bits per heavy atom. The molecule has 2 N–H and O–H groups in total. The van der Waals surface area contributed by atoms with Crippen LogP contribution >= 0.6 is 0 Å². The lowest BCUT2D eigenvalue weighted by molar-refractivity contribution is 0.0231. The van der Waals surface area contributed by atoms with Crippen molar-refractivity contribution in [3.8, 4) is 17.0 Å². The summed E-state index contributed by atoms with van der Waals surface area (Å²) < 4.78 is 13.9. The molecular weight excluding hydrogens is 492 g/mol. The number of ether oxygens (including phenoxy) is 2. The zero-order chi connectivity index (χ0) is 25.8. The topological polar surface area (TPSA) is 95.8 Å². The van der Waals surface area contributed by atoms with Crippen LogP contribution in [0, 0.1) is 0 Å². The number of imidazole rings is 1. The molecule has 39 heavy (non-hydrogen) atoms. The first-order valence-corrected chi connectivity index (χ1v) is 13.7. The van der Waals surface area contributed by atoms with E-state index in [4.69, 9.17) is 14.5 Å². The molecule has 0 saturated carbocycles. The quantitative estimate of drug-likeness (QED) is 0.365. The summed E-state index contributed by atoms with van der Waals surface area (Å²) >= 11 is 0. The zero-order valence-electron chi connectivity index (χ0n) is 21.6. The van der Waals surface area contributed by atoms with Crippen molar-refractivity contribution in [1.82, 2.24) is 29.5 Å². The molecule has 198 valence electrons. The van der Waals surface area contributed by atoms with Gasteiger partial charge in [0.25, 0.3) is 0 Å². The first-order valence-electron chi connectivity index (χ1n) is 13.7. The van der Waals surface area contributed by atoms with Gasteiger partial charge in [0.1, 0.15) is 12.4 Å². The van der Waals surface area contributed by atoms with Crippen LogP contribution in [0.2, 0.25) is 0 Å². The van der Waals surface area contributed by atoms with E-state index in [0.717, 1.165) is 84.9 Å². The highest BCUT2D eigenvalue weighted by Gasteiger charge is 2.35. The molecule has 0 bridgehead atoms. The Hall–Kier alpha value is -4.15. The Balaban J connectivity index is 1.06. The van der Waals surface area contributed by atoms with Crippen molar-refractivity contribution in [2.24, 2.45) is 0 Å². The van der Waals surface area contributed by atoms with E-state index in [0.29, 0.717) is 24.5 Å². The number of nitrogens with zero attached hydrogens (tertiary/aromatic N) is 6. The van der Waals surface area contributed by atoms with Gasteiger partial charge in [-0.3, -0.25) is 10.00 Å². The molecule has 2 aromatic carbocycles. The highest BCUT2D eigenvalue weighted by Crippen LogP contribution is 2.39. The SMILES string of the molecule is c1cn2cc(-c3ccc4cn[nH]c4c3)nc(Nc3ccc4c(c3)OC[C@H]3CN(C5CCOCC5)CCN43)c2n1. The summed E-state index contributed by atoms with van der Waals surface area (Å²) in [4.78, 5) is 14.7. The fraction of sp³-hybridized carbons (Fsp3) is 0.345. The van der Waals surface area contributed by atoms with Crippen molar-refractivity contribution in [2.75, 3.05) is 49.7 Å². The second kappa shape index (κ2) is 9.25. The largest absolute Gasteiger partial charge is 0.489 e. The Kier molecular flexibility index (Phi) is 5.41. The van der Waals surface area contributed by atoms with Crippen molar-refractivity contribution >= 4 is 33.7 Å². The third-order valence-electron chi connectivity index (χ3n) is 8.30. The number of rotatable bonds is 4. The standard InChI is InChI=1S/C29H30N8O2/c1-2-20-15-31-34-24(20)13-19(1)25-17-36-8-7-30-29(36)28(33-25)32-21-3-4-26-27(14-21)39-18-23-16-35(9-10-37(23)26)22-5-11-38-12-6-22/h1-4,7-8,13-15,17,22-23H,5-6,9-12,16,18H2,(H,31,34)(H,32,33)/t23-/m1/s1. The van der Waals surface area contributed by atoms with Gasteiger partial charge in [-0.2, -0.15) is 5.10 Å². The van der Waals surface area contributed by atoms with Crippen LogP contribution in [0.25, 0.3) is 27.8 Å². The van der Waals surface area contributed by atoms with Crippen LogP contribution in [-0.4, -0.2) is 81.0 Å². The van der Waals surface area contributed by atoms with E-state index in [1.54, 1.807) is 6.20 Å². The van der Waals surface area contributed by atoms with Gasteiger partial charge >= 0.3 is 0 Å². The minimum atomic E-state index is 0.378. The van der Waals surface area contributed by atoms with Gasteiger partial charge in [-0.25, -0.2) is 9.97 Å². The second-order valence-corrected chi connectivity index (χ2v) is 10.6. The van der Waals surface area contributed by atoms with Crippen molar-refractivity contribution in [2.45, 2.75) is 24.9 Å². The summed E-state index contributed by atoms with van der Waals surface area (Å²) in [5.41, 5.74) is 5.69. The molecular formula is C29H30N8O2. The lowest BCUT2D eigenvalue weighted by atomic mass is 10.0. The van der Waals surface area contributed by atoms with Gasteiger partial charge in [0.2, 0.25) is 0 Å². The molecule has 2 fully saturated rings. The lowest BCUT2D eigenvalue weighted by Crippen LogP contribution is -2.59. The molecule has 0 radical (unpaired) electrons. The Bertz CT molecular complexity index is 1660. The first kappa shape index (κ1) is 22.8. The first-order chi connectivity index (χ1) is 19.3. The fourth-order valence-electron chi connectivity index (χ4n) is 6.24. The number of piperazine rings is 1. The molecule has 10 nitrogen and oxygen atoms in total. The van der Waals surface area contributed by atoms with Crippen LogP contribution < -0.4 is 15.0 Å². The molecule has 3 aliphatic rings. The van der Waals surface area contributed by atoms with Crippen LogP contribution in [0.5, 0.6) is 5.75 Å². The van der Waals surface area contributed by atoms with Gasteiger partial charge in [-0.05, 0) is 31.0 Å². The maximum Gasteiger partial charge on any atom is 0.180 e. The van der Waals surface area contributed by atoms with E-state index < -0.39 is 0 Å². The summed E-state index contributed by atoms with van der Waals surface area (Å²) in [6.45, 7) is 5.61. The number of benzene rings is 2. The molecule has 3 aromatic heterocycles. The molecule has 0 amide bonds. The van der Waals surface area contributed by atoms with Gasteiger partial charge in [0, 0.05) is 80.2 Å². The Labute approximate surface area is 225 Å². The molecule has 6 heterocycles. The lowest BCUT2D eigenvalue weighted by Gasteiger charge is -2.48. The van der Waals surface area contributed by atoms with Crippen LogP contribution in [0.4, 0.5) is 17.2 Å². The number of aromatic nitrogens is 5. The number of hydrogen-bond donors (Lipinski definition) is 2. The predicted molar refractivity (Wildman–Crippen MR) is 150 cm³/mol. The summed E-state index contributed by atoms with van der Waals surface area (Å²) in [6.07, 6.45) is 9.83. The van der Waals surface area contributed by atoms with Gasteiger partial charge in [-0.1, -0.05) is 12.1 Å². The number of aromatic amines is 1. The molecule has 2 saturated heterocycles. The molecule has 10 heteroatoms. The molecule has 0 spiro atoms. The van der Waals surface area contributed by atoms with Gasteiger partial charge in [-0.15, -0.1) is 0 Å². The maximum absolute atomic E-state index is 6.32. The zero-order valence-corrected chi connectivity index (χ0v) is 21.6. The normalized spacial score (nSPS) is 20.1. The number of hydrogen-bond acceptors (Lipinski definition) is 8. The van der Waals surface area contributed by atoms with E-state index in [9.17, 15) is 0 Å². The molecule has 0 aliphatic carbocycles. The van der Waals surface area contributed by atoms with E-state index in [2.05, 4.69) is 66.7 Å². The average molecular weight is 523 g/mol. The number of nitrogens with one attached hydrogen (secondary N) is 2. The number of fused-ring (bicyclic) bond motifs is 5. The van der Waals surface area contributed by atoms with E-state index >= 15 is 0 Å². The molecule has 1 atom stereocenters. The van der Waals surface area contributed by atoms with Gasteiger partial charge in [0.15, 0.2) is 11.5 Å². The summed E-state index contributed by atoms with van der Waals surface area (Å²) in [6, 6.07) is 13.6. The third-order valence-corrected chi connectivity index (χ3v) is 8.30. The highest BCUT2D eigenvalue weighted by atomic mass is 16.5. The average Bonchev–Trinajstić information content (AvgIpc) is 3.66. The van der Waals surface area contributed by atoms with Crippen LogP contribution in [0.3, 0.4) is 0 Å². The summed E-state index contributed by atoms with van der Waals surface area (Å²) in [7, 11) is 0. The molecule has 0 unspecified atom stereocenters. The molecule has 8 rings (SSSR count). The van der Waals surface area contributed by atoms with Crippen LogP contribution in [-0.2, 0) is 4.74 Å². The van der Waals surface area contributed by atoms with Crippen molar-refractivity contribution in [1.29, 1.82) is 0 Å².